The first kappa shape index (κ1) is 20.1. The van der Waals surface area contributed by atoms with E-state index in [1.165, 1.54) is 0 Å². The Labute approximate surface area is 126 Å². The van der Waals surface area contributed by atoms with Gasteiger partial charge in [-0.1, -0.05) is 62.3 Å². The van der Waals surface area contributed by atoms with Crippen LogP contribution in [0.1, 0.15) is 75.7 Å². The minimum atomic E-state index is -3.50. The predicted octanol–water partition coefficient (Wildman–Crippen LogP) is 5.20. The molecule has 20 heavy (non-hydrogen) atoms. The molecule has 2 atom stereocenters. The molecule has 0 saturated heterocycles. The van der Waals surface area contributed by atoms with Crippen molar-refractivity contribution in [2.24, 2.45) is 5.41 Å². The van der Waals surface area contributed by atoms with Gasteiger partial charge in [-0.25, -0.2) is 0 Å². The maximum Gasteiger partial charge on any atom is 0.394 e. The summed E-state index contributed by atoms with van der Waals surface area (Å²) < 4.78 is 22.0. The summed E-state index contributed by atoms with van der Waals surface area (Å²) in [4.78, 5) is 0. The second-order valence-electron chi connectivity index (χ2n) is 9.15. The van der Waals surface area contributed by atoms with Crippen LogP contribution in [0.15, 0.2) is 0 Å². The van der Waals surface area contributed by atoms with Gasteiger partial charge in [0.2, 0.25) is 0 Å². The Bertz CT molecular complexity index is 294. The van der Waals surface area contributed by atoms with E-state index in [0.29, 0.717) is 6.42 Å². The highest BCUT2D eigenvalue weighted by Gasteiger charge is 2.59. The average Bonchev–Trinajstić information content (AvgIpc) is 2.10. The molecule has 0 spiro atoms. The topological polar surface area (TPSA) is 29.5 Å². The van der Waals surface area contributed by atoms with Gasteiger partial charge in [0.05, 0.1) is 12.2 Å². The summed E-state index contributed by atoms with van der Waals surface area (Å²) in [6.45, 7) is 19.4. The maximum atomic E-state index is 15.9. The minimum absolute atomic E-state index is 0.197. The maximum absolute atomic E-state index is 15.9. The van der Waals surface area contributed by atoms with Gasteiger partial charge in [-0.05, 0) is 18.8 Å². The van der Waals surface area contributed by atoms with Crippen LogP contribution >= 0.6 is 0 Å². The number of aliphatic hydroxyl groups is 1. The molecule has 0 aromatic carbocycles. The van der Waals surface area contributed by atoms with Crippen molar-refractivity contribution in [2.45, 2.75) is 97.9 Å². The highest BCUT2D eigenvalue weighted by Crippen LogP contribution is 2.54. The van der Waals surface area contributed by atoms with Crippen molar-refractivity contribution in [3.63, 3.8) is 0 Å². The zero-order valence-corrected chi connectivity index (χ0v) is 16.1. The summed E-state index contributed by atoms with van der Waals surface area (Å²) in [6.07, 6.45) is -0.302. The zero-order valence-electron chi connectivity index (χ0n) is 15.1. The van der Waals surface area contributed by atoms with Gasteiger partial charge >= 0.3 is 8.65 Å². The predicted molar refractivity (Wildman–Crippen MR) is 86.9 cm³/mol. The summed E-state index contributed by atoms with van der Waals surface area (Å²) >= 11 is 0. The SMILES string of the molecule is C[C@@H](O)C[C@H](O[Si](F)(C(C)(C)C)C(C)(C)C)C(C)(C)C. The number of aliphatic hydroxyl groups excluding tert-OH is 1. The first-order valence-corrected chi connectivity index (χ1v) is 9.36. The smallest absolute Gasteiger partial charge is 0.393 e. The van der Waals surface area contributed by atoms with Crippen molar-refractivity contribution in [2.75, 3.05) is 0 Å². The van der Waals surface area contributed by atoms with Crippen molar-refractivity contribution < 1.29 is 13.6 Å². The van der Waals surface area contributed by atoms with Crippen molar-refractivity contribution >= 4 is 8.65 Å². The second kappa shape index (κ2) is 6.05. The van der Waals surface area contributed by atoms with Crippen LogP contribution in [0.25, 0.3) is 0 Å². The molecule has 0 saturated carbocycles. The molecule has 1 N–H and O–H groups in total. The number of hydrogen-bond acceptors (Lipinski definition) is 2. The normalized spacial score (nSPS) is 18.0. The van der Waals surface area contributed by atoms with Gasteiger partial charge in [0.25, 0.3) is 0 Å². The van der Waals surface area contributed by atoms with Crippen molar-refractivity contribution in [1.29, 1.82) is 0 Å². The molecule has 4 heteroatoms. The Hall–Kier alpha value is 0.0669. The highest BCUT2D eigenvalue weighted by atomic mass is 28.4. The number of rotatable bonds is 4. The molecular weight excluding hydrogens is 271 g/mol. The summed E-state index contributed by atoms with van der Waals surface area (Å²) in [5.74, 6) is 0. The molecule has 122 valence electrons. The van der Waals surface area contributed by atoms with E-state index in [1.807, 2.05) is 62.3 Å². The van der Waals surface area contributed by atoms with Crippen LogP contribution in [0, 0.1) is 5.41 Å². The van der Waals surface area contributed by atoms with E-state index in [0.717, 1.165) is 0 Å². The van der Waals surface area contributed by atoms with E-state index in [9.17, 15) is 5.11 Å². The fourth-order valence-electron chi connectivity index (χ4n) is 2.56. The van der Waals surface area contributed by atoms with Gasteiger partial charge in [0, 0.05) is 10.1 Å². The molecule has 0 heterocycles. The van der Waals surface area contributed by atoms with Crippen LogP contribution in [0.3, 0.4) is 0 Å². The molecule has 0 amide bonds. The Morgan fingerprint density at radius 1 is 0.950 bits per heavy atom. The summed E-state index contributed by atoms with van der Waals surface area (Å²) in [6, 6.07) is 0. The molecule has 0 aromatic heterocycles. The molecule has 2 nitrogen and oxygen atoms in total. The van der Waals surface area contributed by atoms with Gasteiger partial charge in [0.15, 0.2) is 0 Å². The van der Waals surface area contributed by atoms with Crippen molar-refractivity contribution in [3.05, 3.63) is 0 Å². The lowest BCUT2D eigenvalue weighted by Gasteiger charge is -2.47. The quantitative estimate of drug-likeness (QED) is 0.571. The fraction of sp³-hybridized carbons (Fsp3) is 1.00. The van der Waals surface area contributed by atoms with Gasteiger partial charge in [-0.15, -0.1) is 0 Å². The van der Waals surface area contributed by atoms with E-state index >= 15 is 4.11 Å². The molecule has 0 aliphatic carbocycles. The molecule has 0 aliphatic rings. The number of hydrogen-bond donors (Lipinski definition) is 1. The van der Waals surface area contributed by atoms with E-state index in [1.54, 1.807) is 6.92 Å². The largest absolute Gasteiger partial charge is 0.394 e. The molecule has 0 aliphatic heterocycles. The second-order valence-corrected chi connectivity index (χ2v) is 13.6. The summed E-state index contributed by atoms with van der Waals surface area (Å²) in [7, 11) is -3.50. The molecule has 0 bridgehead atoms. The lowest BCUT2D eigenvalue weighted by atomic mass is 9.86. The van der Waals surface area contributed by atoms with E-state index in [-0.39, 0.29) is 11.5 Å². The van der Waals surface area contributed by atoms with Gasteiger partial charge in [0.1, 0.15) is 0 Å². The fourth-order valence-corrected chi connectivity index (χ4v) is 6.36. The summed E-state index contributed by atoms with van der Waals surface area (Å²) in [5, 5.41) is 8.69. The minimum Gasteiger partial charge on any atom is -0.393 e. The van der Waals surface area contributed by atoms with Gasteiger partial charge in [-0.2, -0.15) is 0 Å². The molecule has 0 radical (unpaired) electrons. The third-order valence-corrected chi connectivity index (χ3v) is 8.22. The van der Waals surface area contributed by atoms with Crippen LogP contribution in [0.4, 0.5) is 4.11 Å². The molecule has 0 fully saturated rings. The van der Waals surface area contributed by atoms with Gasteiger partial charge < -0.3 is 9.53 Å². The van der Waals surface area contributed by atoms with Crippen LogP contribution in [-0.4, -0.2) is 26.0 Å². The third kappa shape index (κ3) is 4.81. The van der Waals surface area contributed by atoms with E-state index < -0.39 is 24.8 Å². The highest BCUT2D eigenvalue weighted by molar-refractivity contribution is 6.72. The van der Waals surface area contributed by atoms with Crippen LogP contribution in [0.2, 0.25) is 10.1 Å². The summed E-state index contributed by atoms with van der Waals surface area (Å²) in [5.41, 5.74) is -0.197. The van der Waals surface area contributed by atoms with E-state index in [2.05, 4.69) is 0 Å². The Balaban J connectivity index is 5.53. The van der Waals surface area contributed by atoms with Crippen molar-refractivity contribution in [1.82, 2.24) is 0 Å². The molecule has 0 aromatic rings. The van der Waals surface area contributed by atoms with Crippen LogP contribution in [-0.2, 0) is 4.43 Å². The lowest BCUT2D eigenvalue weighted by molar-refractivity contribution is 0.0107. The molecule has 0 rings (SSSR count). The first-order chi connectivity index (χ1) is 8.52. The monoisotopic (exact) mass is 306 g/mol. The standard InChI is InChI=1S/C16H35FO2Si/c1-12(18)11-13(14(2,3)4)19-20(17,15(5,6)7)16(8,9)10/h12-13,18H,11H2,1-10H3/t12-,13+/m1/s1. The molecular formula is C16H35FO2Si. The van der Waals surface area contributed by atoms with Gasteiger partial charge in [-0.3, -0.25) is 4.11 Å². The lowest BCUT2D eigenvalue weighted by Crippen LogP contribution is -2.55. The van der Waals surface area contributed by atoms with Crippen LogP contribution in [0.5, 0.6) is 0 Å². The van der Waals surface area contributed by atoms with E-state index in [4.69, 9.17) is 4.43 Å². The first-order valence-electron chi connectivity index (χ1n) is 7.57. The Kier molecular flexibility index (Phi) is 6.07. The van der Waals surface area contributed by atoms with Crippen molar-refractivity contribution in [3.8, 4) is 0 Å². The number of halogens is 1. The zero-order chi connectivity index (χ0) is 16.6. The average molecular weight is 307 g/mol. The Morgan fingerprint density at radius 3 is 1.50 bits per heavy atom. The van der Waals surface area contributed by atoms with Crippen LogP contribution < -0.4 is 0 Å². The third-order valence-electron chi connectivity index (χ3n) is 3.76. The Morgan fingerprint density at radius 2 is 1.30 bits per heavy atom. The molecule has 0 unspecified atom stereocenters.